The Morgan fingerprint density at radius 1 is 0.857 bits per heavy atom. The maximum atomic E-state index is 12.6. The first kappa shape index (κ1) is 18.0. The number of aryl methyl sites for hydroxylation is 4. The Kier molecular flexibility index (Phi) is 4.47. The van der Waals surface area contributed by atoms with E-state index in [1.165, 1.54) is 11.1 Å². The summed E-state index contributed by atoms with van der Waals surface area (Å²) >= 11 is 0. The fourth-order valence-electron chi connectivity index (χ4n) is 3.31. The lowest BCUT2D eigenvalue weighted by molar-refractivity contribution is 0.102. The summed E-state index contributed by atoms with van der Waals surface area (Å²) in [6.45, 7) is 8.12. The standard InChI is InChI=1S/C24H22N2O2/c1-14-9-15(2)11-19(10-14)23(27)25-20-7-8-22-21(13-20)26-24(28-22)18-6-5-16(3)17(4)12-18/h5-13H,1-4H3,(H,25,27). The number of aromatic nitrogens is 1. The molecule has 0 bridgehead atoms. The average molecular weight is 370 g/mol. The number of hydrogen-bond acceptors (Lipinski definition) is 3. The third-order valence-electron chi connectivity index (χ3n) is 4.88. The quantitative estimate of drug-likeness (QED) is 0.482. The second kappa shape index (κ2) is 6.97. The Morgan fingerprint density at radius 2 is 1.61 bits per heavy atom. The number of anilines is 1. The zero-order chi connectivity index (χ0) is 19.8. The van der Waals surface area contributed by atoms with Crippen molar-refractivity contribution in [3.8, 4) is 11.5 Å². The highest BCUT2D eigenvalue weighted by Crippen LogP contribution is 2.27. The summed E-state index contributed by atoms with van der Waals surface area (Å²) in [4.78, 5) is 17.2. The number of nitrogens with zero attached hydrogens (tertiary/aromatic N) is 1. The fourth-order valence-corrected chi connectivity index (χ4v) is 3.31. The van der Waals surface area contributed by atoms with Crippen molar-refractivity contribution >= 4 is 22.7 Å². The molecule has 0 fully saturated rings. The van der Waals surface area contributed by atoms with Crippen molar-refractivity contribution in [2.45, 2.75) is 27.7 Å². The van der Waals surface area contributed by atoms with E-state index in [9.17, 15) is 4.79 Å². The lowest BCUT2D eigenvalue weighted by atomic mass is 10.1. The van der Waals surface area contributed by atoms with Crippen LogP contribution in [0.25, 0.3) is 22.6 Å². The summed E-state index contributed by atoms with van der Waals surface area (Å²) in [5, 5.41) is 2.95. The number of benzene rings is 3. The number of amides is 1. The number of fused-ring (bicyclic) bond motifs is 1. The van der Waals surface area contributed by atoms with Gasteiger partial charge in [-0.05, 0) is 81.3 Å². The van der Waals surface area contributed by atoms with E-state index in [1.54, 1.807) is 0 Å². The fraction of sp³-hybridized carbons (Fsp3) is 0.167. The number of oxazole rings is 1. The zero-order valence-corrected chi connectivity index (χ0v) is 16.5. The number of carbonyl (C=O) groups is 1. The van der Waals surface area contributed by atoms with E-state index in [0.29, 0.717) is 28.2 Å². The van der Waals surface area contributed by atoms with Crippen molar-refractivity contribution in [2.24, 2.45) is 0 Å². The third kappa shape index (κ3) is 3.54. The Labute approximate surface area is 164 Å². The molecule has 1 heterocycles. The molecule has 0 unspecified atom stereocenters. The van der Waals surface area contributed by atoms with Crippen molar-refractivity contribution < 1.29 is 9.21 Å². The number of rotatable bonds is 3. The van der Waals surface area contributed by atoms with Crippen molar-refractivity contribution in [1.29, 1.82) is 0 Å². The van der Waals surface area contributed by atoms with E-state index in [2.05, 4.69) is 36.3 Å². The van der Waals surface area contributed by atoms with Crippen LogP contribution in [-0.4, -0.2) is 10.9 Å². The minimum absolute atomic E-state index is 0.135. The van der Waals surface area contributed by atoms with Crippen molar-refractivity contribution in [3.63, 3.8) is 0 Å². The maximum Gasteiger partial charge on any atom is 0.255 e. The van der Waals surface area contributed by atoms with E-state index in [0.717, 1.165) is 16.7 Å². The van der Waals surface area contributed by atoms with Gasteiger partial charge in [0.15, 0.2) is 5.58 Å². The molecule has 0 saturated heterocycles. The molecule has 0 atom stereocenters. The lowest BCUT2D eigenvalue weighted by Gasteiger charge is -2.07. The van der Waals surface area contributed by atoms with E-state index < -0.39 is 0 Å². The van der Waals surface area contributed by atoms with E-state index in [4.69, 9.17) is 4.42 Å². The van der Waals surface area contributed by atoms with Gasteiger partial charge in [0.1, 0.15) is 5.52 Å². The normalized spacial score (nSPS) is 11.0. The third-order valence-corrected chi connectivity index (χ3v) is 4.88. The highest BCUT2D eigenvalue weighted by atomic mass is 16.3. The number of carbonyl (C=O) groups excluding carboxylic acids is 1. The molecule has 0 saturated carbocycles. The van der Waals surface area contributed by atoms with Gasteiger partial charge in [-0.15, -0.1) is 0 Å². The van der Waals surface area contributed by atoms with E-state index in [-0.39, 0.29) is 5.91 Å². The van der Waals surface area contributed by atoms with Gasteiger partial charge < -0.3 is 9.73 Å². The molecular weight excluding hydrogens is 348 g/mol. The Bertz CT molecular complexity index is 1180. The molecule has 1 amide bonds. The predicted molar refractivity (Wildman–Crippen MR) is 113 cm³/mol. The molecule has 0 aliphatic heterocycles. The van der Waals surface area contributed by atoms with Gasteiger partial charge in [-0.1, -0.05) is 23.3 Å². The maximum absolute atomic E-state index is 12.6. The first-order valence-electron chi connectivity index (χ1n) is 9.27. The SMILES string of the molecule is Cc1cc(C)cc(C(=O)Nc2ccc3oc(-c4ccc(C)c(C)c4)nc3c2)c1. The Balaban J connectivity index is 1.62. The molecule has 4 nitrogen and oxygen atoms in total. The second-order valence-corrected chi connectivity index (χ2v) is 7.33. The molecule has 1 aromatic heterocycles. The molecule has 0 radical (unpaired) electrons. The second-order valence-electron chi connectivity index (χ2n) is 7.33. The first-order valence-corrected chi connectivity index (χ1v) is 9.27. The monoisotopic (exact) mass is 370 g/mol. The van der Waals surface area contributed by atoms with Crippen LogP contribution >= 0.6 is 0 Å². The molecule has 0 aliphatic rings. The van der Waals surface area contributed by atoms with Gasteiger partial charge in [0.25, 0.3) is 5.91 Å². The summed E-state index contributed by atoms with van der Waals surface area (Å²) in [5.41, 5.74) is 8.25. The van der Waals surface area contributed by atoms with Gasteiger partial charge in [0, 0.05) is 16.8 Å². The van der Waals surface area contributed by atoms with Crippen LogP contribution in [0.2, 0.25) is 0 Å². The molecule has 1 N–H and O–H groups in total. The number of hydrogen-bond donors (Lipinski definition) is 1. The van der Waals surface area contributed by atoms with E-state index >= 15 is 0 Å². The van der Waals surface area contributed by atoms with Gasteiger partial charge in [-0.2, -0.15) is 0 Å². The topological polar surface area (TPSA) is 55.1 Å². The largest absolute Gasteiger partial charge is 0.436 e. The molecule has 4 aromatic rings. The van der Waals surface area contributed by atoms with Gasteiger partial charge in [-0.25, -0.2) is 4.98 Å². The van der Waals surface area contributed by atoms with E-state index in [1.807, 2.05) is 56.3 Å². The summed E-state index contributed by atoms with van der Waals surface area (Å²) in [6, 6.07) is 17.5. The molecule has 0 aliphatic carbocycles. The summed E-state index contributed by atoms with van der Waals surface area (Å²) in [5.74, 6) is 0.444. The molecule has 28 heavy (non-hydrogen) atoms. The molecule has 4 rings (SSSR count). The highest BCUT2D eigenvalue weighted by molar-refractivity contribution is 6.05. The van der Waals surface area contributed by atoms with Crippen LogP contribution in [0.15, 0.2) is 59.0 Å². The summed E-state index contributed by atoms with van der Waals surface area (Å²) in [6.07, 6.45) is 0. The molecular formula is C24H22N2O2. The average Bonchev–Trinajstić information content (AvgIpc) is 3.06. The van der Waals surface area contributed by atoms with Crippen molar-refractivity contribution in [1.82, 2.24) is 4.98 Å². The molecule has 140 valence electrons. The highest BCUT2D eigenvalue weighted by Gasteiger charge is 2.12. The number of nitrogens with one attached hydrogen (secondary N) is 1. The first-order chi connectivity index (χ1) is 13.4. The zero-order valence-electron chi connectivity index (χ0n) is 16.5. The molecule has 0 spiro atoms. The van der Waals surface area contributed by atoms with Crippen LogP contribution in [0, 0.1) is 27.7 Å². The molecule has 3 aromatic carbocycles. The molecule has 4 heteroatoms. The van der Waals surface area contributed by atoms with Gasteiger partial charge >= 0.3 is 0 Å². The Morgan fingerprint density at radius 3 is 2.32 bits per heavy atom. The van der Waals surface area contributed by atoms with Gasteiger partial charge in [0.2, 0.25) is 5.89 Å². The minimum Gasteiger partial charge on any atom is -0.436 e. The van der Waals surface area contributed by atoms with Crippen LogP contribution < -0.4 is 5.32 Å². The van der Waals surface area contributed by atoms with Crippen LogP contribution in [0.4, 0.5) is 5.69 Å². The summed E-state index contributed by atoms with van der Waals surface area (Å²) in [7, 11) is 0. The lowest BCUT2D eigenvalue weighted by Crippen LogP contribution is -2.12. The smallest absolute Gasteiger partial charge is 0.255 e. The van der Waals surface area contributed by atoms with Crippen LogP contribution in [0.5, 0.6) is 0 Å². The van der Waals surface area contributed by atoms with Crippen LogP contribution in [0.3, 0.4) is 0 Å². The van der Waals surface area contributed by atoms with Crippen molar-refractivity contribution in [2.75, 3.05) is 5.32 Å². The van der Waals surface area contributed by atoms with Crippen LogP contribution in [0.1, 0.15) is 32.6 Å². The predicted octanol–water partition coefficient (Wildman–Crippen LogP) is 5.98. The Hall–Kier alpha value is -3.40. The van der Waals surface area contributed by atoms with Crippen LogP contribution in [-0.2, 0) is 0 Å². The minimum atomic E-state index is -0.135. The van der Waals surface area contributed by atoms with Gasteiger partial charge in [0.05, 0.1) is 0 Å². The van der Waals surface area contributed by atoms with Gasteiger partial charge in [-0.3, -0.25) is 4.79 Å². The van der Waals surface area contributed by atoms with Crippen molar-refractivity contribution in [3.05, 3.63) is 82.4 Å². The summed E-state index contributed by atoms with van der Waals surface area (Å²) < 4.78 is 5.90.